The minimum atomic E-state index is 0.878. The summed E-state index contributed by atoms with van der Waals surface area (Å²) in [5.74, 6) is 1.77. The molecule has 2 nitrogen and oxygen atoms in total. The van der Waals surface area contributed by atoms with Crippen LogP contribution in [-0.2, 0) is 0 Å². The quantitative estimate of drug-likeness (QED) is 0.255. The highest BCUT2D eigenvalue weighted by Gasteiger charge is 2.26. The molecule has 0 aliphatic carbocycles. The molecule has 7 rings (SSSR count). The molecule has 0 N–H and O–H groups in total. The number of para-hydroxylation sites is 2. The van der Waals surface area contributed by atoms with Crippen LogP contribution in [0.3, 0.4) is 0 Å². The summed E-state index contributed by atoms with van der Waals surface area (Å²) in [5.41, 5.74) is 6.73. The molecule has 0 aliphatic heterocycles. The van der Waals surface area contributed by atoms with E-state index >= 15 is 0 Å². The Bertz CT molecular complexity index is 1730. The van der Waals surface area contributed by atoms with Crippen LogP contribution < -0.4 is 0 Å². The molecule has 2 aromatic heterocycles. The van der Waals surface area contributed by atoms with Crippen molar-refractivity contribution in [3.05, 3.63) is 140 Å². The lowest BCUT2D eigenvalue weighted by molar-refractivity contribution is 0.598. The van der Waals surface area contributed by atoms with E-state index in [0.717, 1.165) is 44.8 Å². The first-order valence-corrected chi connectivity index (χ1v) is 12.2. The first-order valence-electron chi connectivity index (χ1n) is 12.2. The number of rotatable bonds is 4. The lowest BCUT2D eigenvalue weighted by atomic mass is 9.99. The van der Waals surface area contributed by atoms with Crippen molar-refractivity contribution in [2.75, 3.05) is 0 Å². The first-order chi connectivity index (χ1) is 17.9. The van der Waals surface area contributed by atoms with Crippen LogP contribution in [0.1, 0.15) is 0 Å². The first kappa shape index (κ1) is 20.5. The number of hydrogen-bond acceptors (Lipinski definition) is 1. The van der Waals surface area contributed by atoms with Crippen LogP contribution in [-0.4, -0.2) is 4.57 Å². The van der Waals surface area contributed by atoms with Crippen LogP contribution >= 0.6 is 0 Å². The van der Waals surface area contributed by atoms with Gasteiger partial charge in [-0.15, -0.1) is 0 Å². The van der Waals surface area contributed by atoms with Crippen molar-refractivity contribution >= 4 is 21.7 Å². The summed E-state index contributed by atoms with van der Waals surface area (Å²) in [7, 11) is 0. The van der Waals surface area contributed by atoms with Gasteiger partial charge in [-0.25, -0.2) is 0 Å². The molecule has 0 aliphatic rings. The van der Waals surface area contributed by atoms with Crippen LogP contribution in [0.2, 0.25) is 0 Å². The lowest BCUT2D eigenvalue weighted by Gasteiger charge is -2.12. The molecule has 2 heteroatoms. The maximum absolute atomic E-state index is 6.87. The zero-order chi connectivity index (χ0) is 23.9. The van der Waals surface area contributed by atoms with Gasteiger partial charge in [0.25, 0.3) is 0 Å². The molecule has 0 saturated carbocycles. The van der Waals surface area contributed by atoms with E-state index in [4.69, 9.17) is 4.42 Å². The number of benzene rings is 5. The molecular weight excluding hydrogens is 438 g/mol. The summed E-state index contributed by atoms with van der Waals surface area (Å²) in [6.45, 7) is 0. The minimum Gasteiger partial charge on any atom is -0.453 e. The van der Waals surface area contributed by atoms with Crippen molar-refractivity contribution in [1.82, 2.24) is 4.57 Å². The third kappa shape index (κ3) is 3.19. The zero-order valence-electron chi connectivity index (χ0n) is 19.6. The molecule has 5 aromatic carbocycles. The average molecular weight is 462 g/mol. The van der Waals surface area contributed by atoms with Gasteiger partial charge < -0.3 is 8.98 Å². The van der Waals surface area contributed by atoms with Crippen molar-refractivity contribution in [2.45, 2.75) is 0 Å². The van der Waals surface area contributed by atoms with E-state index in [1.54, 1.807) is 0 Å². The third-order valence-electron chi connectivity index (χ3n) is 6.82. The molecule has 0 spiro atoms. The third-order valence-corrected chi connectivity index (χ3v) is 6.82. The molecular formula is C34H23NO. The van der Waals surface area contributed by atoms with Gasteiger partial charge in [0.2, 0.25) is 0 Å². The van der Waals surface area contributed by atoms with Gasteiger partial charge in [0.15, 0.2) is 5.76 Å². The molecule has 0 amide bonds. The van der Waals surface area contributed by atoms with Gasteiger partial charge in [-0.05, 0) is 23.8 Å². The van der Waals surface area contributed by atoms with Crippen LogP contribution in [0, 0.1) is 0 Å². The fraction of sp³-hybridized carbons (Fsp3) is 0. The standard InChI is InChI=1S/C34H23NO/c1-4-14-24(15-5-1)31-29-22-12-13-23-30(29)35(26-18-8-3-9-19-26)32(31)34-28-21-11-10-20-27(28)33(36-34)25-16-6-2-7-17-25/h1-23H. The van der Waals surface area contributed by atoms with Gasteiger partial charge in [0.1, 0.15) is 5.76 Å². The van der Waals surface area contributed by atoms with E-state index in [0.29, 0.717) is 0 Å². The Labute approximate surface area is 209 Å². The molecule has 7 aromatic rings. The Morgan fingerprint density at radius 3 is 1.58 bits per heavy atom. The number of fused-ring (bicyclic) bond motifs is 2. The van der Waals surface area contributed by atoms with Gasteiger partial charge in [0.05, 0.1) is 11.2 Å². The SMILES string of the molecule is c1ccc(-c2oc(-c3c(-c4ccccc4)c4ccccc4n3-c3ccccc3)c3ccccc23)cc1. The summed E-state index contributed by atoms with van der Waals surface area (Å²) in [6, 6.07) is 48.7. The normalized spacial score (nSPS) is 11.3. The Morgan fingerprint density at radius 2 is 0.917 bits per heavy atom. The van der Waals surface area contributed by atoms with Crippen LogP contribution in [0.5, 0.6) is 0 Å². The number of nitrogens with zero attached hydrogens (tertiary/aromatic N) is 1. The Balaban J connectivity index is 1.66. The van der Waals surface area contributed by atoms with Gasteiger partial charge in [-0.3, -0.25) is 0 Å². The minimum absolute atomic E-state index is 0.878. The van der Waals surface area contributed by atoms with Crippen LogP contribution in [0.15, 0.2) is 144 Å². The predicted octanol–water partition coefficient (Wildman–Crippen LogP) is 9.38. The molecule has 0 saturated heterocycles. The lowest BCUT2D eigenvalue weighted by Crippen LogP contribution is -1.97. The average Bonchev–Trinajstić information content (AvgIpc) is 3.51. The molecule has 170 valence electrons. The van der Waals surface area contributed by atoms with Gasteiger partial charge in [-0.1, -0.05) is 121 Å². The van der Waals surface area contributed by atoms with E-state index < -0.39 is 0 Å². The summed E-state index contributed by atoms with van der Waals surface area (Å²) in [5, 5.41) is 3.42. The molecule has 0 fully saturated rings. The van der Waals surface area contributed by atoms with Crippen molar-refractivity contribution in [2.24, 2.45) is 0 Å². The fourth-order valence-corrected chi connectivity index (χ4v) is 5.27. The summed E-state index contributed by atoms with van der Waals surface area (Å²) < 4.78 is 9.22. The Kier molecular flexibility index (Phi) is 4.82. The van der Waals surface area contributed by atoms with E-state index in [-0.39, 0.29) is 0 Å². The number of hydrogen-bond donors (Lipinski definition) is 0. The zero-order valence-corrected chi connectivity index (χ0v) is 19.6. The smallest absolute Gasteiger partial charge is 0.160 e. The summed E-state index contributed by atoms with van der Waals surface area (Å²) in [4.78, 5) is 0. The largest absolute Gasteiger partial charge is 0.453 e. The maximum Gasteiger partial charge on any atom is 0.160 e. The van der Waals surface area contributed by atoms with E-state index in [9.17, 15) is 0 Å². The molecule has 36 heavy (non-hydrogen) atoms. The van der Waals surface area contributed by atoms with Crippen molar-refractivity contribution in [1.29, 1.82) is 0 Å². The highest BCUT2D eigenvalue weighted by molar-refractivity contribution is 6.11. The highest BCUT2D eigenvalue weighted by atomic mass is 16.3. The fourth-order valence-electron chi connectivity index (χ4n) is 5.27. The maximum atomic E-state index is 6.87. The Morgan fingerprint density at radius 1 is 0.417 bits per heavy atom. The molecule has 0 unspecified atom stereocenters. The summed E-state index contributed by atoms with van der Waals surface area (Å²) >= 11 is 0. The molecule has 2 heterocycles. The predicted molar refractivity (Wildman–Crippen MR) is 149 cm³/mol. The second-order valence-corrected chi connectivity index (χ2v) is 8.95. The summed E-state index contributed by atoms with van der Waals surface area (Å²) in [6.07, 6.45) is 0. The van der Waals surface area contributed by atoms with E-state index in [1.165, 1.54) is 16.5 Å². The van der Waals surface area contributed by atoms with Crippen molar-refractivity contribution in [3.8, 4) is 39.6 Å². The Hall–Kier alpha value is -4.82. The highest BCUT2D eigenvalue weighted by Crippen LogP contribution is 2.47. The van der Waals surface area contributed by atoms with Crippen LogP contribution in [0.4, 0.5) is 0 Å². The van der Waals surface area contributed by atoms with Crippen molar-refractivity contribution in [3.63, 3.8) is 0 Å². The number of furan rings is 1. The second kappa shape index (κ2) is 8.44. The van der Waals surface area contributed by atoms with E-state index in [2.05, 4.69) is 138 Å². The number of aromatic nitrogens is 1. The van der Waals surface area contributed by atoms with Gasteiger partial charge in [-0.2, -0.15) is 0 Å². The van der Waals surface area contributed by atoms with E-state index in [1.807, 2.05) is 6.07 Å². The molecule has 0 bridgehead atoms. The van der Waals surface area contributed by atoms with Gasteiger partial charge in [0, 0.05) is 33.0 Å². The van der Waals surface area contributed by atoms with Gasteiger partial charge >= 0.3 is 0 Å². The molecule has 0 atom stereocenters. The second-order valence-electron chi connectivity index (χ2n) is 8.95. The molecule has 0 radical (unpaired) electrons. The van der Waals surface area contributed by atoms with Crippen LogP contribution in [0.25, 0.3) is 61.3 Å². The van der Waals surface area contributed by atoms with Crippen molar-refractivity contribution < 1.29 is 4.42 Å². The topological polar surface area (TPSA) is 18.1 Å². The monoisotopic (exact) mass is 461 g/mol.